The van der Waals surface area contributed by atoms with E-state index in [1.165, 1.54) is 6.42 Å². The Morgan fingerprint density at radius 1 is 1.09 bits per heavy atom. The molecule has 3 aromatic rings. The van der Waals surface area contributed by atoms with E-state index in [0.29, 0.717) is 17.3 Å². The number of H-pyrrole nitrogens is 1. The fourth-order valence-electron chi connectivity index (χ4n) is 4.71. The van der Waals surface area contributed by atoms with Gasteiger partial charge in [0.2, 0.25) is 5.91 Å². The number of hydrogen-bond donors (Lipinski definition) is 3. The second-order valence-electron chi connectivity index (χ2n) is 9.63. The van der Waals surface area contributed by atoms with Crippen molar-refractivity contribution in [2.75, 3.05) is 5.32 Å². The van der Waals surface area contributed by atoms with Crippen LogP contribution in [-0.2, 0) is 4.79 Å². The van der Waals surface area contributed by atoms with Crippen molar-refractivity contribution in [3.63, 3.8) is 0 Å². The lowest BCUT2D eigenvalue weighted by Gasteiger charge is -2.36. The molecule has 2 amide bonds. The largest absolute Gasteiger partial charge is 0.339 e. The molecule has 1 saturated carbocycles. The third kappa shape index (κ3) is 4.76. The zero-order chi connectivity index (χ0) is 24.4. The predicted octanol–water partition coefficient (Wildman–Crippen LogP) is 4.64. The minimum Gasteiger partial charge on any atom is -0.339 e. The minimum absolute atomic E-state index is 0.0311. The first kappa shape index (κ1) is 23.7. The third-order valence-electron chi connectivity index (χ3n) is 6.95. The average Bonchev–Trinajstić information content (AvgIpc) is 3.38. The molecule has 3 N–H and O–H groups in total. The highest BCUT2D eigenvalue weighted by atomic mass is 16.2. The number of nitrogens with one attached hydrogen (secondary N) is 3. The summed E-state index contributed by atoms with van der Waals surface area (Å²) in [5.41, 5.74) is 5.21. The van der Waals surface area contributed by atoms with Crippen LogP contribution in [0.5, 0.6) is 0 Å². The number of aromatic nitrogens is 4. The van der Waals surface area contributed by atoms with E-state index in [0.717, 1.165) is 35.4 Å². The molecule has 4 rings (SSSR count). The van der Waals surface area contributed by atoms with E-state index in [2.05, 4.69) is 32.9 Å². The molecule has 1 aliphatic rings. The summed E-state index contributed by atoms with van der Waals surface area (Å²) in [6.07, 6.45) is 4.96. The van der Waals surface area contributed by atoms with Gasteiger partial charge in [-0.3, -0.25) is 19.4 Å². The number of carbonyl (C=O) groups is 2. The van der Waals surface area contributed by atoms with Gasteiger partial charge in [0.1, 0.15) is 11.7 Å². The third-order valence-corrected chi connectivity index (χ3v) is 6.95. The molecule has 2 atom stereocenters. The topological polar surface area (TPSA) is 105 Å². The van der Waals surface area contributed by atoms with E-state index >= 15 is 0 Å². The first-order chi connectivity index (χ1) is 16.3. The summed E-state index contributed by atoms with van der Waals surface area (Å²) in [5.74, 6) is -0.0188. The number of hydrogen-bond acceptors (Lipinski definition) is 4. The van der Waals surface area contributed by atoms with Crippen LogP contribution in [0.2, 0.25) is 0 Å². The summed E-state index contributed by atoms with van der Waals surface area (Å²) in [6, 6.07) is 8.84. The second-order valence-corrected chi connectivity index (χ2v) is 9.63. The lowest BCUT2D eigenvalue weighted by atomic mass is 9.73. The van der Waals surface area contributed by atoms with Gasteiger partial charge in [-0.05, 0) is 63.3 Å². The van der Waals surface area contributed by atoms with Crippen molar-refractivity contribution in [1.82, 2.24) is 25.3 Å². The second kappa shape index (κ2) is 9.83. The van der Waals surface area contributed by atoms with Crippen LogP contribution in [0.4, 0.5) is 5.69 Å². The number of anilines is 1. The number of amides is 2. The van der Waals surface area contributed by atoms with Crippen molar-refractivity contribution in [2.24, 2.45) is 11.8 Å². The Bertz CT molecular complexity index is 1140. The molecular weight excluding hydrogens is 428 g/mol. The van der Waals surface area contributed by atoms with Crippen molar-refractivity contribution >= 4 is 17.5 Å². The van der Waals surface area contributed by atoms with Gasteiger partial charge < -0.3 is 10.6 Å². The molecule has 1 aromatic carbocycles. The number of aromatic amines is 1. The van der Waals surface area contributed by atoms with E-state index in [1.807, 2.05) is 52.0 Å². The van der Waals surface area contributed by atoms with E-state index in [-0.39, 0.29) is 23.8 Å². The number of benzene rings is 1. The van der Waals surface area contributed by atoms with Gasteiger partial charge in [-0.25, -0.2) is 0 Å². The molecule has 2 heterocycles. The highest BCUT2D eigenvalue weighted by Gasteiger charge is 2.35. The summed E-state index contributed by atoms with van der Waals surface area (Å²) in [5, 5.41) is 17.5. The summed E-state index contributed by atoms with van der Waals surface area (Å²) in [6.45, 7) is 9.96. The van der Waals surface area contributed by atoms with Crippen LogP contribution in [0.3, 0.4) is 0 Å². The molecule has 0 aliphatic heterocycles. The van der Waals surface area contributed by atoms with Gasteiger partial charge in [-0.1, -0.05) is 38.3 Å². The van der Waals surface area contributed by atoms with Crippen molar-refractivity contribution in [2.45, 2.75) is 66.0 Å². The van der Waals surface area contributed by atoms with Crippen LogP contribution < -0.4 is 10.6 Å². The average molecular weight is 463 g/mol. The maximum absolute atomic E-state index is 13.4. The lowest BCUT2D eigenvalue weighted by molar-refractivity contribution is -0.119. The van der Waals surface area contributed by atoms with Gasteiger partial charge in [0, 0.05) is 29.2 Å². The minimum atomic E-state index is -0.633. The molecule has 0 saturated heterocycles. The number of aryl methyl sites for hydroxylation is 2. The first-order valence-electron chi connectivity index (χ1n) is 12.0. The smallest absolute Gasteiger partial charge is 0.270 e. The van der Waals surface area contributed by atoms with E-state index in [1.54, 1.807) is 16.9 Å². The van der Waals surface area contributed by atoms with Crippen molar-refractivity contribution in [3.8, 4) is 11.1 Å². The number of rotatable bonds is 8. The van der Waals surface area contributed by atoms with Gasteiger partial charge in [0.15, 0.2) is 0 Å². The van der Waals surface area contributed by atoms with Crippen LogP contribution >= 0.6 is 0 Å². The van der Waals surface area contributed by atoms with Crippen LogP contribution in [0.1, 0.15) is 68.0 Å². The molecule has 0 bridgehead atoms. The van der Waals surface area contributed by atoms with E-state index < -0.39 is 6.04 Å². The first-order valence-corrected chi connectivity index (χ1v) is 12.0. The summed E-state index contributed by atoms with van der Waals surface area (Å²) in [4.78, 5) is 26.5. The van der Waals surface area contributed by atoms with Crippen molar-refractivity contribution in [1.29, 1.82) is 0 Å². The molecule has 180 valence electrons. The Morgan fingerprint density at radius 3 is 2.35 bits per heavy atom. The maximum atomic E-state index is 13.4. The van der Waals surface area contributed by atoms with Gasteiger partial charge >= 0.3 is 0 Å². The van der Waals surface area contributed by atoms with E-state index in [4.69, 9.17) is 0 Å². The molecule has 8 nitrogen and oxygen atoms in total. The molecule has 2 aromatic heterocycles. The maximum Gasteiger partial charge on any atom is 0.270 e. The highest BCUT2D eigenvalue weighted by Crippen LogP contribution is 2.35. The normalized spacial score (nSPS) is 15.6. The van der Waals surface area contributed by atoms with Gasteiger partial charge in [0.05, 0.1) is 5.69 Å². The van der Waals surface area contributed by atoms with Gasteiger partial charge in [0.25, 0.3) is 5.91 Å². The van der Waals surface area contributed by atoms with Gasteiger partial charge in [-0.2, -0.15) is 10.2 Å². The van der Waals surface area contributed by atoms with Gasteiger partial charge in [-0.15, -0.1) is 0 Å². The molecule has 8 heteroatoms. The lowest BCUT2D eigenvalue weighted by Crippen LogP contribution is -2.51. The molecule has 1 aliphatic carbocycles. The molecule has 0 radical (unpaired) electrons. The number of carbonyl (C=O) groups excluding carboxylic acids is 2. The van der Waals surface area contributed by atoms with E-state index in [9.17, 15) is 9.59 Å². The predicted molar refractivity (Wildman–Crippen MR) is 132 cm³/mol. The molecule has 1 fully saturated rings. The quantitative estimate of drug-likeness (QED) is 0.453. The summed E-state index contributed by atoms with van der Waals surface area (Å²) < 4.78 is 1.68. The Morgan fingerprint density at radius 2 is 1.79 bits per heavy atom. The Hall–Kier alpha value is -3.42. The van der Waals surface area contributed by atoms with Crippen LogP contribution in [-0.4, -0.2) is 37.8 Å². The van der Waals surface area contributed by atoms with Crippen molar-refractivity contribution in [3.05, 3.63) is 53.6 Å². The zero-order valence-electron chi connectivity index (χ0n) is 20.6. The Labute approximate surface area is 200 Å². The molecule has 1 unspecified atom stereocenters. The summed E-state index contributed by atoms with van der Waals surface area (Å²) >= 11 is 0. The zero-order valence-corrected chi connectivity index (χ0v) is 20.6. The van der Waals surface area contributed by atoms with Crippen LogP contribution in [0.25, 0.3) is 11.1 Å². The molecule has 34 heavy (non-hydrogen) atoms. The number of nitrogens with zero attached hydrogens (tertiary/aromatic N) is 3. The Balaban J connectivity index is 1.51. The standard InChI is InChI=1S/C26H34N6O2/c1-15(2)32-22(13-14-27-32)25(33)29-24(16(3)19-7-6-8-19)26(34)28-21-11-9-20(10-12-21)23-17(4)30-31-18(23)5/h9-16,19,24H,6-8H2,1-5H3,(H,28,34)(H,29,33)(H,30,31)/t16?,24-/m0/s1. The fraction of sp³-hybridized carbons (Fsp3) is 0.462. The fourth-order valence-corrected chi connectivity index (χ4v) is 4.71. The van der Waals surface area contributed by atoms with Crippen LogP contribution in [0, 0.1) is 25.7 Å². The molecular formula is C26H34N6O2. The van der Waals surface area contributed by atoms with Crippen LogP contribution in [0.15, 0.2) is 36.5 Å². The van der Waals surface area contributed by atoms with Crippen molar-refractivity contribution < 1.29 is 9.59 Å². The molecule has 0 spiro atoms. The summed E-state index contributed by atoms with van der Waals surface area (Å²) in [7, 11) is 0. The Kier molecular flexibility index (Phi) is 6.86. The monoisotopic (exact) mass is 462 g/mol. The highest BCUT2D eigenvalue weighted by molar-refractivity contribution is 6.00. The SMILES string of the molecule is Cc1n[nH]c(C)c1-c1ccc(NC(=O)[C@@H](NC(=O)c2ccnn2C(C)C)C(C)C2CCC2)cc1.